The van der Waals surface area contributed by atoms with Gasteiger partial charge >= 0.3 is 0 Å². The number of hydrogen-bond acceptors (Lipinski definition) is 4. The highest BCUT2D eigenvalue weighted by Crippen LogP contribution is 2.29. The maximum atomic E-state index is 13.1. The standard InChI is InChI=1S/C26H27N3O4/c30-23(19-7-4-8-19)27-13-15-28(16-14-27)24(31)20-9-10-21-22(17-20)26(33)29(25(21)32)12-11-18-5-2-1-3-6-18/h1-3,5-6,9-10,17,19H,4,7-8,11-16H2. The van der Waals surface area contributed by atoms with E-state index in [1.165, 1.54) is 4.90 Å². The van der Waals surface area contributed by atoms with Crippen LogP contribution in [0.2, 0.25) is 0 Å². The Kier molecular flexibility index (Phi) is 5.70. The summed E-state index contributed by atoms with van der Waals surface area (Å²) in [6, 6.07) is 14.5. The molecule has 2 aromatic rings. The summed E-state index contributed by atoms with van der Waals surface area (Å²) in [5, 5.41) is 0. The topological polar surface area (TPSA) is 78.0 Å². The van der Waals surface area contributed by atoms with Crippen molar-refractivity contribution in [2.45, 2.75) is 25.7 Å². The van der Waals surface area contributed by atoms with Crippen LogP contribution in [0.3, 0.4) is 0 Å². The molecule has 1 saturated carbocycles. The third-order valence-electron chi connectivity index (χ3n) is 7.02. The molecule has 33 heavy (non-hydrogen) atoms. The highest BCUT2D eigenvalue weighted by atomic mass is 16.2. The molecule has 0 bridgehead atoms. The number of benzene rings is 2. The molecular weight excluding hydrogens is 418 g/mol. The van der Waals surface area contributed by atoms with E-state index in [1.54, 1.807) is 23.1 Å². The fourth-order valence-corrected chi connectivity index (χ4v) is 4.74. The lowest BCUT2D eigenvalue weighted by molar-refractivity contribution is -0.139. The molecule has 170 valence electrons. The van der Waals surface area contributed by atoms with E-state index in [4.69, 9.17) is 0 Å². The molecular formula is C26H27N3O4. The monoisotopic (exact) mass is 445 g/mol. The predicted octanol–water partition coefficient (Wildman–Crippen LogP) is 2.61. The van der Waals surface area contributed by atoms with E-state index in [0.717, 1.165) is 24.8 Å². The summed E-state index contributed by atoms with van der Waals surface area (Å²) >= 11 is 0. The zero-order valence-electron chi connectivity index (χ0n) is 18.5. The Morgan fingerprint density at radius 3 is 2.15 bits per heavy atom. The first kappa shape index (κ1) is 21.4. The molecule has 0 radical (unpaired) electrons. The van der Waals surface area contributed by atoms with Gasteiger partial charge < -0.3 is 9.80 Å². The summed E-state index contributed by atoms with van der Waals surface area (Å²) in [4.78, 5) is 56.1. The molecule has 7 nitrogen and oxygen atoms in total. The Morgan fingerprint density at radius 1 is 0.818 bits per heavy atom. The summed E-state index contributed by atoms with van der Waals surface area (Å²) < 4.78 is 0. The molecule has 1 aliphatic carbocycles. The molecule has 4 amide bonds. The Balaban J connectivity index is 1.23. The van der Waals surface area contributed by atoms with E-state index in [0.29, 0.717) is 50.3 Å². The Bertz CT molecular complexity index is 1100. The highest BCUT2D eigenvalue weighted by molar-refractivity contribution is 6.22. The number of nitrogens with zero attached hydrogens (tertiary/aromatic N) is 3. The van der Waals surface area contributed by atoms with Gasteiger partial charge in [-0.2, -0.15) is 0 Å². The predicted molar refractivity (Wildman–Crippen MR) is 122 cm³/mol. The van der Waals surface area contributed by atoms with Gasteiger partial charge in [0.25, 0.3) is 17.7 Å². The minimum absolute atomic E-state index is 0.164. The zero-order valence-corrected chi connectivity index (χ0v) is 18.5. The van der Waals surface area contributed by atoms with Crippen LogP contribution >= 0.6 is 0 Å². The lowest BCUT2D eigenvalue weighted by Crippen LogP contribution is -2.52. The Hall–Kier alpha value is -3.48. The maximum Gasteiger partial charge on any atom is 0.261 e. The van der Waals surface area contributed by atoms with Crippen LogP contribution in [0.1, 0.15) is 55.9 Å². The van der Waals surface area contributed by atoms with Gasteiger partial charge in [0.1, 0.15) is 0 Å². The molecule has 2 heterocycles. The van der Waals surface area contributed by atoms with Gasteiger partial charge in [-0.05, 0) is 43.0 Å². The maximum absolute atomic E-state index is 13.1. The van der Waals surface area contributed by atoms with Crippen LogP contribution in [0.5, 0.6) is 0 Å². The quantitative estimate of drug-likeness (QED) is 0.663. The third kappa shape index (κ3) is 4.03. The first-order valence-electron chi connectivity index (χ1n) is 11.6. The van der Waals surface area contributed by atoms with Crippen LogP contribution in [0, 0.1) is 5.92 Å². The summed E-state index contributed by atoms with van der Waals surface area (Å²) in [6.45, 7) is 2.33. The summed E-state index contributed by atoms with van der Waals surface area (Å²) in [5.74, 6) is -0.455. The summed E-state index contributed by atoms with van der Waals surface area (Å²) in [6.07, 6.45) is 3.66. The largest absolute Gasteiger partial charge is 0.339 e. The molecule has 0 spiro atoms. The SMILES string of the molecule is O=C(c1ccc2c(c1)C(=O)N(CCc1ccccc1)C2=O)N1CCN(C(=O)C2CCC2)CC1. The van der Waals surface area contributed by atoms with Crippen molar-refractivity contribution in [3.8, 4) is 0 Å². The van der Waals surface area contributed by atoms with Crippen molar-refractivity contribution in [2.75, 3.05) is 32.7 Å². The van der Waals surface area contributed by atoms with E-state index in [2.05, 4.69) is 0 Å². The van der Waals surface area contributed by atoms with Gasteiger partial charge in [-0.1, -0.05) is 36.8 Å². The van der Waals surface area contributed by atoms with Gasteiger partial charge in [0.05, 0.1) is 11.1 Å². The molecule has 0 atom stereocenters. The molecule has 0 N–H and O–H groups in total. The molecule has 7 heteroatoms. The summed E-state index contributed by atoms with van der Waals surface area (Å²) in [7, 11) is 0. The number of amides is 4. The van der Waals surface area contributed by atoms with E-state index >= 15 is 0 Å². The van der Waals surface area contributed by atoms with Crippen molar-refractivity contribution in [3.05, 3.63) is 70.8 Å². The average molecular weight is 446 g/mol. The number of piperazine rings is 1. The molecule has 5 rings (SSSR count). The number of rotatable bonds is 5. The minimum Gasteiger partial charge on any atom is -0.339 e. The van der Waals surface area contributed by atoms with Crippen LogP contribution in [0.15, 0.2) is 48.5 Å². The zero-order chi connectivity index (χ0) is 22.9. The number of imide groups is 1. The van der Waals surface area contributed by atoms with Gasteiger partial charge in [0.15, 0.2) is 0 Å². The van der Waals surface area contributed by atoms with Crippen LogP contribution < -0.4 is 0 Å². The average Bonchev–Trinajstić information content (AvgIpc) is 3.06. The van der Waals surface area contributed by atoms with E-state index in [9.17, 15) is 19.2 Å². The number of hydrogen-bond donors (Lipinski definition) is 0. The summed E-state index contributed by atoms with van der Waals surface area (Å²) in [5.41, 5.74) is 2.09. The number of carbonyl (C=O) groups excluding carboxylic acids is 4. The second-order valence-corrected chi connectivity index (χ2v) is 9.00. The second kappa shape index (κ2) is 8.81. The van der Waals surface area contributed by atoms with Crippen LogP contribution in [0.25, 0.3) is 0 Å². The molecule has 2 fully saturated rings. The fraction of sp³-hybridized carbons (Fsp3) is 0.385. The van der Waals surface area contributed by atoms with Crippen molar-refractivity contribution >= 4 is 23.6 Å². The van der Waals surface area contributed by atoms with E-state index in [1.807, 2.05) is 35.2 Å². The molecule has 1 saturated heterocycles. The molecule has 3 aliphatic rings. The van der Waals surface area contributed by atoms with Crippen LogP contribution in [-0.2, 0) is 11.2 Å². The van der Waals surface area contributed by atoms with Crippen LogP contribution in [0.4, 0.5) is 0 Å². The smallest absolute Gasteiger partial charge is 0.261 e. The lowest BCUT2D eigenvalue weighted by atomic mass is 9.84. The molecule has 0 aromatic heterocycles. The van der Waals surface area contributed by atoms with Crippen molar-refractivity contribution in [1.82, 2.24) is 14.7 Å². The number of fused-ring (bicyclic) bond motifs is 1. The molecule has 2 aromatic carbocycles. The van der Waals surface area contributed by atoms with Gasteiger partial charge in [0, 0.05) is 44.2 Å². The number of carbonyl (C=O) groups is 4. The third-order valence-corrected chi connectivity index (χ3v) is 7.02. The van der Waals surface area contributed by atoms with Gasteiger partial charge in [-0.3, -0.25) is 24.1 Å². The molecule has 0 unspecified atom stereocenters. The highest BCUT2D eigenvalue weighted by Gasteiger charge is 2.36. The lowest BCUT2D eigenvalue weighted by Gasteiger charge is -2.38. The first-order valence-corrected chi connectivity index (χ1v) is 11.6. The second-order valence-electron chi connectivity index (χ2n) is 9.00. The van der Waals surface area contributed by atoms with E-state index in [-0.39, 0.29) is 35.1 Å². The van der Waals surface area contributed by atoms with Crippen molar-refractivity contribution in [1.29, 1.82) is 0 Å². The van der Waals surface area contributed by atoms with Gasteiger partial charge in [0.2, 0.25) is 5.91 Å². The Morgan fingerprint density at radius 2 is 1.48 bits per heavy atom. The minimum atomic E-state index is -0.350. The Labute approximate surface area is 193 Å². The van der Waals surface area contributed by atoms with Crippen LogP contribution in [-0.4, -0.2) is 71.1 Å². The van der Waals surface area contributed by atoms with E-state index < -0.39 is 0 Å². The molecule has 2 aliphatic heterocycles. The normalized spacial score (nSPS) is 18.4. The van der Waals surface area contributed by atoms with Crippen molar-refractivity contribution in [3.63, 3.8) is 0 Å². The fourth-order valence-electron chi connectivity index (χ4n) is 4.74. The van der Waals surface area contributed by atoms with Gasteiger partial charge in [-0.15, -0.1) is 0 Å². The van der Waals surface area contributed by atoms with Crippen molar-refractivity contribution < 1.29 is 19.2 Å². The van der Waals surface area contributed by atoms with Crippen molar-refractivity contribution in [2.24, 2.45) is 5.92 Å². The first-order chi connectivity index (χ1) is 16.0. The van der Waals surface area contributed by atoms with Gasteiger partial charge in [-0.25, -0.2) is 0 Å².